The van der Waals surface area contributed by atoms with E-state index in [4.69, 9.17) is 11.6 Å². The summed E-state index contributed by atoms with van der Waals surface area (Å²) in [4.78, 5) is 22.4. The number of anilines is 1. The summed E-state index contributed by atoms with van der Waals surface area (Å²) in [5, 5.41) is 22.2. The van der Waals surface area contributed by atoms with Gasteiger partial charge in [-0.25, -0.2) is 0 Å². The van der Waals surface area contributed by atoms with Crippen LogP contribution in [0.1, 0.15) is 11.3 Å². The van der Waals surface area contributed by atoms with Crippen molar-refractivity contribution in [2.75, 3.05) is 5.32 Å². The monoisotopic (exact) mass is 374 g/mol. The molecule has 3 aromatic rings. The number of hydrogen-bond acceptors (Lipinski definition) is 5. The van der Waals surface area contributed by atoms with Crippen molar-refractivity contribution < 1.29 is 9.72 Å². The molecule has 10 heteroatoms. The molecular weight excluding hydrogens is 360 g/mol. The predicted molar refractivity (Wildman–Crippen MR) is 95.0 cm³/mol. The second-order valence-corrected chi connectivity index (χ2v) is 6.04. The summed E-state index contributed by atoms with van der Waals surface area (Å²) in [5.41, 5.74) is 1.18. The highest BCUT2D eigenvalue weighted by Gasteiger charge is 2.18. The first-order chi connectivity index (χ1) is 12.4. The highest BCUT2D eigenvalue weighted by Crippen LogP contribution is 2.16. The standard InChI is InChI=1S/C16H15ClN6O3/c1-11-14(23(25)26)8-18-22(11)10-16(24)19-15-5-6-21(20-15)9-12-3-2-4-13(17)7-12/h2-8H,9-10H2,1H3,(H,19,20,24). The van der Waals surface area contributed by atoms with Crippen LogP contribution in [0.25, 0.3) is 0 Å². The lowest BCUT2D eigenvalue weighted by Crippen LogP contribution is -2.20. The number of nitro groups is 1. The fraction of sp³-hybridized carbons (Fsp3) is 0.188. The lowest BCUT2D eigenvalue weighted by atomic mass is 10.2. The molecule has 0 aliphatic carbocycles. The van der Waals surface area contributed by atoms with E-state index in [1.165, 1.54) is 11.6 Å². The van der Waals surface area contributed by atoms with Crippen molar-refractivity contribution in [3.05, 3.63) is 69.1 Å². The first kappa shape index (κ1) is 17.6. The van der Waals surface area contributed by atoms with Crippen molar-refractivity contribution in [3.63, 3.8) is 0 Å². The van der Waals surface area contributed by atoms with Crippen LogP contribution < -0.4 is 5.32 Å². The molecule has 2 aromatic heterocycles. The van der Waals surface area contributed by atoms with Crippen LogP contribution in [0.2, 0.25) is 5.02 Å². The number of carbonyl (C=O) groups is 1. The molecule has 0 fully saturated rings. The minimum Gasteiger partial charge on any atom is -0.308 e. The fourth-order valence-corrected chi connectivity index (χ4v) is 2.65. The van der Waals surface area contributed by atoms with Crippen molar-refractivity contribution in [1.29, 1.82) is 0 Å². The van der Waals surface area contributed by atoms with E-state index in [1.807, 2.05) is 18.2 Å². The van der Waals surface area contributed by atoms with E-state index in [9.17, 15) is 14.9 Å². The molecule has 0 aliphatic heterocycles. The Hall–Kier alpha value is -3.20. The molecule has 9 nitrogen and oxygen atoms in total. The highest BCUT2D eigenvalue weighted by molar-refractivity contribution is 6.30. The lowest BCUT2D eigenvalue weighted by molar-refractivity contribution is -0.385. The van der Waals surface area contributed by atoms with Crippen molar-refractivity contribution in [1.82, 2.24) is 19.6 Å². The Bertz CT molecular complexity index is 965. The normalized spacial score (nSPS) is 10.7. The van der Waals surface area contributed by atoms with Crippen LogP contribution in [0, 0.1) is 17.0 Å². The number of nitrogens with zero attached hydrogens (tertiary/aromatic N) is 5. The predicted octanol–water partition coefficient (Wildman–Crippen LogP) is 2.64. The zero-order valence-electron chi connectivity index (χ0n) is 13.8. The Morgan fingerprint density at radius 2 is 2.19 bits per heavy atom. The second kappa shape index (κ2) is 7.36. The van der Waals surface area contributed by atoms with E-state index in [0.29, 0.717) is 23.1 Å². The average Bonchev–Trinajstić information content (AvgIpc) is 3.15. The maximum Gasteiger partial charge on any atom is 0.309 e. The molecule has 1 amide bonds. The summed E-state index contributed by atoms with van der Waals surface area (Å²) in [5.74, 6) is 0.00967. The van der Waals surface area contributed by atoms with E-state index >= 15 is 0 Å². The van der Waals surface area contributed by atoms with Crippen LogP contribution in [-0.4, -0.2) is 30.4 Å². The third-order valence-corrected chi connectivity index (χ3v) is 3.94. The van der Waals surface area contributed by atoms with Gasteiger partial charge in [-0.1, -0.05) is 23.7 Å². The molecule has 2 heterocycles. The first-order valence-corrected chi connectivity index (χ1v) is 8.05. The summed E-state index contributed by atoms with van der Waals surface area (Å²) in [6.45, 7) is 1.92. The average molecular weight is 375 g/mol. The third kappa shape index (κ3) is 4.06. The van der Waals surface area contributed by atoms with Gasteiger partial charge in [0.25, 0.3) is 0 Å². The minimum atomic E-state index is -0.533. The molecule has 0 saturated heterocycles. The molecule has 1 N–H and O–H groups in total. The van der Waals surface area contributed by atoms with Crippen LogP contribution >= 0.6 is 11.6 Å². The molecule has 1 aromatic carbocycles. The summed E-state index contributed by atoms with van der Waals surface area (Å²) in [6.07, 6.45) is 2.86. The zero-order valence-corrected chi connectivity index (χ0v) is 14.6. The molecule has 134 valence electrons. The van der Waals surface area contributed by atoms with E-state index < -0.39 is 4.92 Å². The van der Waals surface area contributed by atoms with Gasteiger partial charge in [-0.3, -0.25) is 24.3 Å². The third-order valence-electron chi connectivity index (χ3n) is 3.71. The number of nitrogens with one attached hydrogen (secondary N) is 1. The second-order valence-electron chi connectivity index (χ2n) is 5.61. The first-order valence-electron chi connectivity index (χ1n) is 7.67. The smallest absolute Gasteiger partial charge is 0.308 e. The Morgan fingerprint density at radius 1 is 1.38 bits per heavy atom. The molecule has 0 aliphatic rings. The molecule has 0 bridgehead atoms. The van der Waals surface area contributed by atoms with Gasteiger partial charge >= 0.3 is 5.69 Å². The van der Waals surface area contributed by atoms with Gasteiger partial charge in [-0.15, -0.1) is 0 Å². The number of hydrogen-bond donors (Lipinski definition) is 1. The lowest BCUT2D eigenvalue weighted by Gasteiger charge is -2.05. The van der Waals surface area contributed by atoms with Crippen molar-refractivity contribution in [2.24, 2.45) is 0 Å². The number of carbonyl (C=O) groups excluding carboxylic acids is 1. The van der Waals surface area contributed by atoms with Gasteiger partial charge < -0.3 is 5.32 Å². The maximum atomic E-state index is 12.1. The molecule has 0 spiro atoms. The van der Waals surface area contributed by atoms with Crippen LogP contribution in [0.4, 0.5) is 11.5 Å². The Kier molecular flexibility index (Phi) is 4.99. The zero-order chi connectivity index (χ0) is 18.7. The number of benzene rings is 1. The van der Waals surface area contributed by atoms with E-state index in [2.05, 4.69) is 15.5 Å². The SMILES string of the molecule is Cc1c([N+](=O)[O-])cnn1CC(=O)Nc1ccn(Cc2cccc(Cl)c2)n1. The van der Waals surface area contributed by atoms with E-state index in [1.54, 1.807) is 23.0 Å². The van der Waals surface area contributed by atoms with Gasteiger partial charge in [0.05, 0.1) is 11.5 Å². The van der Waals surface area contributed by atoms with E-state index in [0.717, 1.165) is 11.8 Å². The minimum absolute atomic E-state index is 0.122. The number of aromatic nitrogens is 4. The maximum absolute atomic E-state index is 12.1. The summed E-state index contributed by atoms with van der Waals surface area (Å²) in [6, 6.07) is 9.09. The topological polar surface area (TPSA) is 108 Å². The number of amides is 1. The Balaban J connectivity index is 1.62. The molecule has 0 unspecified atom stereocenters. The molecule has 26 heavy (non-hydrogen) atoms. The summed E-state index contributed by atoms with van der Waals surface area (Å²) in [7, 11) is 0. The Morgan fingerprint density at radius 3 is 2.88 bits per heavy atom. The summed E-state index contributed by atoms with van der Waals surface area (Å²) >= 11 is 5.96. The van der Waals surface area contributed by atoms with Gasteiger partial charge in [0.2, 0.25) is 5.91 Å². The molecule has 3 rings (SSSR count). The number of halogens is 1. The van der Waals surface area contributed by atoms with E-state index in [-0.39, 0.29) is 18.1 Å². The largest absolute Gasteiger partial charge is 0.309 e. The van der Waals surface area contributed by atoms with Crippen LogP contribution in [0.15, 0.2) is 42.7 Å². The van der Waals surface area contributed by atoms with Crippen LogP contribution in [-0.2, 0) is 17.9 Å². The molecular formula is C16H15ClN6O3. The van der Waals surface area contributed by atoms with Crippen LogP contribution in [0.5, 0.6) is 0 Å². The van der Waals surface area contributed by atoms with Gasteiger partial charge in [0.15, 0.2) is 5.82 Å². The van der Waals surface area contributed by atoms with Gasteiger partial charge in [-0.2, -0.15) is 10.2 Å². The number of rotatable bonds is 6. The molecule has 0 saturated carbocycles. The van der Waals surface area contributed by atoms with Crippen molar-refractivity contribution in [2.45, 2.75) is 20.0 Å². The van der Waals surface area contributed by atoms with Gasteiger partial charge in [0.1, 0.15) is 18.4 Å². The highest BCUT2D eigenvalue weighted by atomic mass is 35.5. The quantitative estimate of drug-likeness (QED) is 0.527. The summed E-state index contributed by atoms with van der Waals surface area (Å²) < 4.78 is 2.95. The van der Waals surface area contributed by atoms with Crippen LogP contribution in [0.3, 0.4) is 0 Å². The molecule has 0 atom stereocenters. The Labute approximate surface area is 153 Å². The van der Waals surface area contributed by atoms with Gasteiger partial charge in [0, 0.05) is 17.3 Å². The fourth-order valence-electron chi connectivity index (χ4n) is 2.43. The van der Waals surface area contributed by atoms with Crippen molar-refractivity contribution >= 4 is 29.0 Å². The molecule has 0 radical (unpaired) electrons. The van der Waals surface area contributed by atoms with Crippen molar-refractivity contribution in [3.8, 4) is 0 Å². The van der Waals surface area contributed by atoms with Gasteiger partial charge in [-0.05, 0) is 24.6 Å².